The van der Waals surface area contributed by atoms with E-state index in [0.717, 1.165) is 12.0 Å². The van der Waals surface area contributed by atoms with Crippen LogP contribution in [0, 0.1) is 29.1 Å². The number of carbonyl (C=O) groups excluding carboxylic acids is 3. The Morgan fingerprint density at radius 2 is 1.85 bits per heavy atom. The van der Waals surface area contributed by atoms with Crippen LogP contribution in [0.25, 0.3) is 5.57 Å². The number of ether oxygens (including phenoxy) is 1. The number of methoxy groups -OCH3 is 1. The molecule has 298 valence electrons. The summed E-state index contributed by atoms with van der Waals surface area (Å²) >= 11 is 0. The zero-order chi connectivity index (χ0) is 40.0. The molecule has 0 aromatic heterocycles. The fourth-order valence-corrected chi connectivity index (χ4v) is 9.19. The summed E-state index contributed by atoms with van der Waals surface area (Å²) in [6.07, 6.45) is 6.29. The molecule has 6 rings (SSSR count). The van der Waals surface area contributed by atoms with E-state index in [9.17, 15) is 24.6 Å². The molecule has 2 aromatic rings. The molecule has 1 heterocycles. The van der Waals surface area contributed by atoms with Crippen molar-refractivity contribution in [3.05, 3.63) is 95.6 Å². The van der Waals surface area contributed by atoms with E-state index in [-0.39, 0.29) is 48.0 Å². The first kappa shape index (κ1) is 42.0. The summed E-state index contributed by atoms with van der Waals surface area (Å²) in [5.74, 6) is 0.597. The fraction of sp³-hybridized carbons (Fsp3) is 0.523. The van der Waals surface area contributed by atoms with Crippen LogP contribution in [-0.2, 0) is 32.2 Å². The zero-order valence-electron chi connectivity index (χ0n) is 33.4. The Morgan fingerprint density at radius 1 is 1.13 bits per heavy atom. The number of carbonyl (C=O) groups is 3. The highest BCUT2D eigenvalue weighted by molar-refractivity contribution is 5.94. The van der Waals surface area contributed by atoms with Gasteiger partial charge in [0.15, 0.2) is 0 Å². The summed E-state index contributed by atoms with van der Waals surface area (Å²) in [6.45, 7) is 12.7. The summed E-state index contributed by atoms with van der Waals surface area (Å²) in [6, 6.07) is 14.4. The van der Waals surface area contributed by atoms with Crippen molar-refractivity contribution in [2.24, 2.45) is 29.1 Å². The van der Waals surface area contributed by atoms with Gasteiger partial charge in [-0.05, 0) is 86.7 Å². The van der Waals surface area contributed by atoms with Crippen molar-refractivity contribution < 1.29 is 34.2 Å². The van der Waals surface area contributed by atoms with Crippen LogP contribution in [0.5, 0.6) is 5.75 Å². The average Bonchev–Trinajstić information content (AvgIpc) is 3.52. The van der Waals surface area contributed by atoms with E-state index in [1.165, 1.54) is 19.6 Å². The van der Waals surface area contributed by atoms with Crippen molar-refractivity contribution in [1.29, 1.82) is 0 Å². The lowest BCUT2D eigenvalue weighted by atomic mass is 9.45. The Bertz CT molecular complexity index is 1740. The van der Waals surface area contributed by atoms with Crippen molar-refractivity contribution in [2.45, 2.75) is 83.8 Å². The summed E-state index contributed by atoms with van der Waals surface area (Å²) in [7, 11) is 5.45. The van der Waals surface area contributed by atoms with Gasteiger partial charge in [0.2, 0.25) is 11.8 Å². The van der Waals surface area contributed by atoms with Gasteiger partial charge in [-0.25, -0.2) is 0 Å². The third-order valence-corrected chi connectivity index (χ3v) is 12.2. The molecule has 0 radical (unpaired) electrons. The topological polar surface area (TPSA) is 141 Å². The number of aliphatic hydroxyl groups is 2. The lowest BCUT2D eigenvalue weighted by Crippen LogP contribution is -2.62. The number of aldehydes is 1. The molecule has 4 aliphatic rings. The first-order valence-corrected chi connectivity index (χ1v) is 19.4. The van der Waals surface area contributed by atoms with Crippen molar-refractivity contribution in [2.75, 3.05) is 34.4 Å². The first-order valence-electron chi connectivity index (χ1n) is 19.4. The van der Waals surface area contributed by atoms with Gasteiger partial charge < -0.3 is 30.5 Å². The fourth-order valence-electron chi connectivity index (χ4n) is 9.19. The van der Waals surface area contributed by atoms with Crippen molar-refractivity contribution >= 4 is 23.7 Å². The number of hydroxylamine groups is 2. The maximum Gasteiger partial charge on any atom is 0.244 e. The van der Waals surface area contributed by atoms with Crippen LogP contribution in [0.3, 0.4) is 0 Å². The maximum atomic E-state index is 14.2. The van der Waals surface area contributed by atoms with E-state index in [1.807, 2.05) is 67.5 Å². The van der Waals surface area contributed by atoms with Crippen LogP contribution < -0.4 is 15.4 Å². The minimum absolute atomic E-state index is 0.00548. The lowest BCUT2D eigenvalue weighted by Gasteiger charge is -2.62. The first-order chi connectivity index (χ1) is 26.2. The molecule has 0 spiro atoms. The normalized spacial score (nSPS) is 27.3. The van der Waals surface area contributed by atoms with Crippen molar-refractivity contribution in [1.82, 2.24) is 20.6 Å². The number of likely N-dealkylation sites (N-methyl/N-ethyl adjacent to an activating group) is 1. The number of aliphatic hydroxyl groups excluding tert-OH is 2. The number of hydrogen-bond acceptors (Lipinski definition) is 9. The van der Waals surface area contributed by atoms with Gasteiger partial charge in [0, 0.05) is 47.3 Å². The van der Waals surface area contributed by atoms with Crippen LogP contribution >= 0.6 is 0 Å². The molecule has 4 fully saturated rings. The number of allylic oxidation sites excluding steroid dienone is 4. The van der Waals surface area contributed by atoms with Crippen LogP contribution in [0.4, 0.5) is 0 Å². The number of nitrogens with one attached hydrogen (secondary N) is 2. The molecule has 4 N–H and O–H groups in total. The standard InChI is InChI=1S/C44H60N4O7/c1-27(25-49)19-31(17-18-39(52)45-34(24-47(6)7)20-30-13-10-9-11-14-30)35-16-12-15-32(42(35)54-8)23-48-41(40(29(3)51)38(26-50)55-48)43(53)46-37-22-33-21-36(28(37)2)44(33,4)5/h9-19,25,28-29,33-34,36-38,40-41,50-51H,1,20-24,26H2,2-8H3,(H,45,52)(H,46,53)/b18-17+,31-19+/t28-,29-,33+,34-,36-,37-,38-,40+,41-/m0/s1. The van der Waals surface area contributed by atoms with E-state index in [1.54, 1.807) is 24.1 Å². The Balaban J connectivity index is 1.40. The molecule has 3 aliphatic carbocycles. The van der Waals surface area contributed by atoms with E-state index in [4.69, 9.17) is 9.57 Å². The third-order valence-electron chi connectivity index (χ3n) is 12.2. The van der Waals surface area contributed by atoms with E-state index in [0.29, 0.717) is 59.5 Å². The smallest absolute Gasteiger partial charge is 0.244 e. The van der Waals surface area contributed by atoms with Gasteiger partial charge in [0.05, 0.1) is 26.4 Å². The predicted molar refractivity (Wildman–Crippen MR) is 213 cm³/mol. The van der Waals surface area contributed by atoms with Crippen LogP contribution in [0.2, 0.25) is 0 Å². The third kappa shape index (κ3) is 9.64. The Hall–Kier alpha value is -4.13. The van der Waals surface area contributed by atoms with E-state index >= 15 is 0 Å². The number of amides is 2. The van der Waals surface area contributed by atoms with E-state index in [2.05, 4.69) is 38.0 Å². The second-order valence-electron chi connectivity index (χ2n) is 16.5. The van der Waals surface area contributed by atoms with Crippen LogP contribution in [0.15, 0.2) is 78.9 Å². The highest BCUT2D eigenvalue weighted by Gasteiger charge is 2.57. The Labute approximate surface area is 326 Å². The molecular weight excluding hydrogens is 697 g/mol. The lowest BCUT2D eigenvalue weighted by molar-refractivity contribution is -0.183. The molecule has 3 saturated carbocycles. The molecule has 9 atom stereocenters. The molecule has 2 amide bonds. The number of para-hydroxylation sites is 1. The van der Waals surface area contributed by atoms with Gasteiger partial charge in [0.25, 0.3) is 0 Å². The van der Waals surface area contributed by atoms with Gasteiger partial charge in [-0.15, -0.1) is 0 Å². The molecule has 1 saturated heterocycles. The van der Waals surface area contributed by atoms with Gasteiger partial charge in [-0.2, -0.15) is 5.06 Å². The molecule has 2 bridgehead atoms. The second-order valence-corrected chi connectivity index (χ2v) is 16.5. The molecule has 11 nitrogen and oxygen atoms in total. The summed E-state index contributed by atoms with van der Waals surface area (Å²) in [5.41, 5.74) is 3.33. The minimum atomic E-state index is -0.938. The molecule has 1 aliphatic heterocycles. The summed E-state index contributed by atoms with van der Waals surface area (Å²) in [5, 5.41) is 29.2. The van der Waals surface area contributed by atoms with Crippen molar-refractivity contribution in [3.63, 3.8) is 0 Å². The molecule has 0 unspecified atom stereocenters. The average molecular weight is 757 g/mol. The van der Waals surface area contributed by atoms with Gasteiger partial charge in [-0.3, -0.25) is 19.2 Å². The maximum absolute atomic E-state index is 14.2. The summed E-state index contributed by atoms with van der Waals surface area (Å²) < 4.78 is 5.98. The highest BCUT2D eigenvalue weighted by Crippen LogP contribution is 2.61. The molecule has 2 aromatic carbocycles. The monoisotopic (exact) mass is 756 g/mol. The Morgan fingerprint density at radius 3 is 2.45 bits per heavy atom. The summed E-state index contributed by atoms with van der Waals surface area (Å²) in [4.78, 5) is 47.6. The second kappa shape index (κ2) is 18.2. The largest absolute Gasteiger partial charge is 0.496 e. The number of hydrogen-bond donors (Lipinski definition) is 4. The number of rotatable bonds is 17. The predicted octanol–water partition coefficient (Wildman–Crippen LogP) is 4.34. The van der Waals surface area contributed by atoms with Crippen LogP contribution in [-0.4, -0.2) is 103 Å². The number of nitrogens with zero attached hydrogens (tertiary/aromatic N) is 2. The quantitative estimate of drug-likeness (QED) is 0.106. The SMILES string of the molecule is C=C(C=O)/C=C(\C=C\C(=O)N[C@@H](Cc1ccccc1)CN(C)C)c1cccc(CN2O[C@@H](CO)[C@@H]([C@H](C)O)[C@H]2C(=O)N[C@H]2C[C@H]3C[C@@H]([C@@H]2C)C3(C)C)c1OC. The minimum Gasteiger partial charge on any atom is -0.496 e. The molecule has 11 heteroatoms. The zero-order valence-corrected chi connectivity index (χ0v) is 33.4. The molecule has 55 heavy (non-hydrogen) atoms. The van der Waals surface area contributed by atoms with Crippen molar-refractivity contribution in [3.8, 4) is 5.75 Å². The number of benzene rings is 2. The number of fused-ring (bicyclic) bond motifs is 2. The van der Waals surface area contributed by atoms with Gasteiger partial charge in [-0.1, -0.05) is 75.9 Å². The van der Waals surface area contributed by atoms with Crippen LogP contribution in [0.1, 0.15) is 57.2 Å². The molecular formula is C44H60N4O7. The Kier molecular flexibility index (Phi) is 13.9. The van der Waals surface area contributed by atoms with Gasteiger partial charge in [0.1, 0.15) is 24.2 Å². The van der Waals surface area contributed by atoms with Gasteiger partial charge >= 0.3 is 0 Å². The highest BCUT2D eigenvalue weighted by atomic mass is 16.7. The van der Waals surface area contributed by atoms with E-state index < -0.39 is 24.2 Å².